The first kappa shape index (κ1) is 21.0. The van der Waals surface area contributed by atoms with Gasteiger partial charge in [-0.1, -0.05) is 23.6 Å². The lowest BCUT2D eigenvalue weighted by atomic mass is 10.2. The van der Waals surface area contributed by atoms with E-state index >= 15 is 0 Å². The molecule has 160 valence electrons. The molecule has 1 fully saturated rings. The maximum absolute atomic E-state index is 12.9. The fourth-order valence-corrected chi connectivity index (χ4v) is 3.66. The molecule has 0 N–H and O–H groups in total. The second kappa shape index (κ2) is 9.29. The third-order valence-electron chi connectivity index (χ3n) is 5.09. The summed E-state index contributed by atoms with van der Waals surface area (Å²) in [6.07, 6.45) is 5.13. The minimum absolute atomic E-state index is 0.0900. The van der Waals surface area contributed by atoms with Crippen LogP contribution in [0, 0.1) is 12.3 Å². The number of carbonyl (C=O) groups excluding carboxylic acids is 2. The molecule has 0 aromatic heterocycles. The van der Waals surface area contributed by atoms with Crippen molar-refractivity contribution in [2.24, 2.45) is 0 Å². The van der Waals surface area contributed by atoms with Gasteiger partial charge < -0.3 is 19.1 Å². The lowest BCUT2D eigenvalue weighted by molar-refractivity contribution is -0.139. The quantitative estimate of drug-likeness (QED) is 0.668. The zero-order chi connectivity index (χ0) is 21.8. The smallest absolute Gasteiger partial charge is 0.265 e. The monoisotopic (exact) mass is 440 g/mol. The van der Waals surface area contributed by atoms with Gasteiger partial charge in [0.25, 0.3) is 5.91 Å². The third kappa shape index (κ3) is 4.93. The summed E-state index contributed by atoms with van der Waals surface area (Å²) in [6.45, 7) is 1.29. The molecule has 1 saturated heterocycles. The van der Waals surface area contributed by atoms with Crippen molar-refractivity contribution in [1.82, 2.24) is 4.90 Å². The lowest BCUT2D eigenvalue weighted by Crippen LogP contribution is -2.52. The van der Waals surface area contributed by atoms with Gasteiger partial charge in [-0.25, -0.2) is 0 Å². The van der Waals surface area contributed by atoms with Gasteiger partial charge in [-0.15, -0.1) is 6.42 Å². The van der Waals surface area contributed by atoms with E-state index in [1.54, 1.807) is 29.2 Å². The minimum atomic E-state index is -0.287. The summed E-state index contributed by atoms with van der Waals surface area (Å²) in [5, 5.41) is 0.465. The van der Waals surface area contributed by atoms with Crippen LogP contribution in [-0.4, -0.2) is 62.3 Å². The molecule has 2 aliphatic rings. The molecule has 31 heavy (non-hydrogen) atoms. The number of anilines is 1. The molecule has 2 aromatic carbocycles. The Hall–Kier alpha value is -3.21. The molecule has 0 spiro atoms. The fourth-order valence-electron chi connectivity index (χ4n) is 3.50. The molecule has 0 radical (unpaired) electrons. The van der Waals surface area contributed by atoms with Crippen molar-refractivity contribution in [3.63, 3.8) is 0 Å². The van der Waals surface area contributed by atoms with Crippen molar-refractivity contribution < 1.29 is 23.8 Å². The second-order valence-corrected chi connectivity index (χ2v) is 7.63. The molecule has 0 bridgehead atoms. The molecule has 1 unspecified atom stereocenters. The van der Waals surface area contributed by atoms with E-state index in [1.807, 2.05) is 18.2 Å². The molecule has 0 aliphatic carbocycles. The van der Waals surface area contributed by atoms with Gasteiger partial charge in [0.1, 0.15) is 30.8 Å². The van der Waals surface area contributed by atoms with Crippen LogP contribution in [0.3, 0.4) is 0 Å². The van der Waals surface area contributed by atoms with E-state index < -0.39 is 0 Å². The normalized spacial score (nSPS) is 18.1. The van der Waals surface area contributed by atoms with Crippen LogP contribution in [0.15, 0.2) is 42.5 Å². The molecule has 2 aromatic rings. The first-order valence-corrected chi connectivity index (χ1v) is 10.2. The number of terminal acetylenes is 1. The van der Waals surface area contributed by atoms with Crippen molar-refractivity contribution >= 4 is 29.1 Å². The number of hydrogen-bond donors (Lipinski definition) is 0. The molecule has 1 atom stereocenters. The summed E-state index contributed by atoms with van der Waals surface area (Å²) >= 11 is 6.07. The number of amides is 2. The Morgan fingerprint density at radius 1 is 1.29 bits per heavy atom. The van der Waals surface area contributed by atoms with Gasteiger partial charge in [0.2, 0.25) is 5.91 Å². The van der Waals surface area contributed by atoms with E-state index in [0.29, 0.717) is 41.9 Å². The average Bonchev–Trinajstić information content (AvgIpc) is 2.80. The van der Waals surface area contributed by atoms with Gasteiger partial charge in [-0.05, 0) is 36.4 Å². The van der Waals surface area contributed by atoms with Crippen LogP contribution in [-0.2, 0) is 14.3 Å². The molecule has 7 nitrogen and oxygen atoms in total. The molecule has 2 heterocycles. The van der Waals surface area contributed by atoms with E-state index in [2.05, 4.69) is 5.92 Å². The van der Waals surface area contributed by atoms with Crippen molar-refractivity contribution in [3.8, 4) is 23.8 Å². The summed E-state index contributed by atoms with van der Waals surface area (Å²) in [6, 6.07) is 12.2. The Labute approximate surface area is 185 Å². The standard InChI is InChI=1S/C23H21ClN2O5/c1-2-16-4-3-5-18(10-16)30-14-19-12-25(8-9-29-19)22(27)13-26-20-11-17(24)6-7-21(20)31-15-23(26)28/h1,3-7,10-11,19H,8-9,12-15H2. The van der Waals surface area contributed by atoms with Gasteiger partial charge in [0.15, 0.2) is 6.61 Å². The Bertz CT molecular complexity index is 1030. The van der Waals surface area contributed by atoms with Crippen molar-refractivity contribution in [2.45, 2.75) is 6.10 Å². The first-order valence-electron chi connectivity index (χ1n) is 9.85. The number of rotatable bonds is 5. The zero-order valence-corrected chi connectivity index (χ0v) is 17.5. The van der Waals surface area contributed by atoms with Crippen LogP contribution >= 0.6 is 11.6 Å². The fraction of sp³-hybridized carbons (Fsp3) is 0.304. The maximum atomic E-state index is 12.9. The highest BCUT2D eigenvalue weighted by Gasteiger charge is 2.31. The number of morpholine rings is 1. The second-order valence-electron chi connectivity index (χ2n) is 7.20. The van der Waals surface area contributed by atoms with Crippen LogP contribution in [0.4, 0.5) is 5.69 Å². The number of carbonyl (C=O) groups is 2. The number of benzene rings is 2. The number of halogens is 1. The largest absolute Gasteiger partial charge is 0.491 e. The lowest BCUT2D eigenvalue weighted by Gasteiger charge is -2.35. The van der Waals surface area contributed by atoms with Crippen molar-refractivity contribution in [2.75, 3.05) is 44.4 Å². The highest BCUT2D eigenvalue weighted by atomic mass is 35.5. The predicted octanol–water partition coefficient (Wildman–Crippen LogP) is 2.35. The molecule has 4 rings (SSSR count). The zero-order valence-electron chi connectivity index (χ0n) is 16.8. The molecule has 2 aliphatic heterocycles. The van der Waals surface area contributed by atoms with Gasteiger partial charge in [-0.2, -0.15) is 0 Å². The molecule has 0 saturated carbocycles. The van der Waals surface area contributed by atoms with Crippen LogP contribution < -0.4 is 14.4 Å². The Kier molecular flexibility index (Phi) is 6.31. The van der Waals surface area contributed by atoms with E-state index in [1.165, 1.54) is 4.90 Å². The minimum Gasteiger partial charge on any atom is -0.491 e. The predicted molar refractivity (Wildman–Crippen MR) is 115 cm³/mol. The number of nitrogens with zero attached hydrogens (tertiary/aromatic N) is 2. The van der Waals surface area contributed by atoms with Crippen molar-refractivity contribution in [1.29, 1.82) is 0 Å². The molecular weight excluding hydrogens is 420 g/mol. The summed E-state index contributed by atoms with van der Waals surface area (Å²) in [7, 11) is 0. The van der Waals surface area contributed by atoms with Gasteiger partial charge in [0, 0.05) is 17.1 Å². The Morgan fingerprint density at radius 2 is 2.16 bits per heavy atom. The van der Waals surface area contributed by atoms with E-state index in [4.69, 9.17) is 32.2 Å². The van der Waals surface area contributed by atoms with Crippen molar-refractivity contribution in [3.05, 3.63) is 53.1 Å². The summed E-state index contributed by atoms with van der Waals surface area (Å²) in [5.41, 5.74) is 1.23. The van der Waals surface area contributed by atoms with Crippen LogP contribution in [0.1, 0.15) is 5.56 Å². The highest BCUT2D eigenvalue weighted by Crippen LogP contribution is 2.34. The van der Waals surface area contributed by atoms with E-state index in [-0.39, 0.29) is 37.7 Å². The maximum Gasteiger partial charge on any atom is 0.265 e. The van der Waals surface area contributed by atoms with Gasteiger partial charge >= 0.3 is 0 Å². The topological polar surface area (TPSA) is 68.3 Å². The van der Waals surface area contributed by atoms with Crippen LogP contribution in [0.5, 0.6) is 11.5 Å². The SMILES string of the molecule is C#Cc1cccc(OCC2CN(C(=O)CN3C(=O)COc4ccc(Cl)cc43)CCO2)c1. The molecule has 2 amide bonds. The van der Waals surface area contributed by atoms with E-state index in [9.17, 15) is 9.59 Å². The third-order valence-corrected chi connectivity index (χ3v) is 5.32. The van der Waals surface area contributed by atoms with E-state index in [0.717, 1.165) is 5.56 Å². The van der Waals surface area contributed by atoms with Gasteiger partial charge in [-0.3, -0.25) is 14.5 Å². The first-order chi connectivity index (χ1) is 15.0. The number of fused-ring (bicyclic) bond motifs is 1. The summed E-state index contributed by atoms with van der Waals surface area (Å²) < 4.78 is 17.0. The average molecular weight is 441 g/mol. The summed E-state index contributed by atoms with van der Waals surface area (Å²) in [5.74, 6) is 3.28. The number of hydrogen-bond acceptors (Lipinski definition) is 5. The number of ether oxygens (including phenoxy) is 3. The molecular formula is C23H21ClN2O5. The Balaban J connectivity index is 1.37. The Morgan fingerprint density at radius 3 is 3.00 bits per heavy atom. The van der Waals surface area contributed by atoms with Crippen LogP contribution in [0.25, 0.3) is 0 Å². The molecule has 8 heteroatoms. The highest BCUT2D eigenvalue weighted by molar-refractivity contribution is 6.31. The summed E-state index contributed by atoms with van der Waals surface area (Å²) in [4.78, 5) is 28.4. The van der Waals surface area contributed by atoms with Crippen LogP contribution in [0.2, 0.25) is 5.02 Å². The van der Waals surface area contributed by atoms with Gasteiger partial charge in [0.05, 0.1) is 18.8 Å².